The lowest BCUT2D eigenvalue weighted by Crippen LogP contribution is -2.18. The molecule has 0 radical (unpaired) electrons. The second-order valence-corrected chi connectivity index (χ2v) is 5.52. The molecule has 0 saturated carbocycles. The molecule has 0 fully saturated rings. The zero-order valence-electron chi connectivity index (χ0n) is 14.5. The Hall–Kier alpha value is -3.92. The van der Waals surface area contributed by atoms with E-state index in [-0.39, 0.29) is 18.0 Å². The summed E-state index contributed by atoms with van der Waals surface area (Å²) in [4.78, 5) is 24.9. The van der Waals surface area contributed by atoms with Gasteiger partial charge in [-0.3, -0.25) is 4.79 Å². The lowest BCUT2D eigenvalue weighted by Gasteiger charge is -2.11. The number of aromatic nitrogens is 2. The average Bonchev–Trinajstić information content (AvgIpc) is 3.12. The molecule has 134 valence electrons. The summed E-state index contributed by atoms with van der Waals surface area (Å²) < 4.78 is 6.51. The average molecular weight is 360 g/mol. The highest BCUT2D eigenvalue weighted by molar-refractivity contribution is 6.07. The molecule has 0 unspecified atom stereocenters. The van der Waals surface area contributed by atoms with Crippen LogP contribution in [0.5, 0.6) is 0 Å². The van der Waals surface area contributed by atoms with E-state index in [9.17, 15) is 9.59 Å². The number of carbonyl (C=O) groups excluding carboxylic acids is 2. The Kier molecular flexibility index (Phi) is 5.28. The van der Waals surface area contributed by atoms with Gasteiger partial charge in [-0.05, 0) is 37.3 Å². The van der Waals surface area contributed by atoms with Crippen LogP contribution in [0, 0.1) is 11.3 Å². The van der Waals surface area contributed by atoms with Gasteiger partial charge in [-0.1, -0.05) is 24.3 Å². The number of para-hydroxylation sites is 1. The van der Waals surface area contributed by atoms with Crippen molar-refractivity contribution >= 4 is 17.7 Å². The highest BCUT2D eigenvalue weighted by Crippen LogP contribution is 2.22. The molecule has 0 aliphatic carbocycles. The number of nitrogens with zero attached hydrogens (tertiary/aromatic N) is 3. The summed E-state index contributed by atoms with van der Waals surface area (Å²) in [5.41, 5.74) is 1.48. The second-order valence-electron chi connectivity index (χ2n) is 5.52. The number of ether oxygens (including phenoxy) is 1. The molecular weight excluding hydrogens is 344 g/mol. The molecule has 0 bridgehead atoms. The molecule has 3 rings (SSSR count). The highest BCUT2D eigenvalue weighted by Gasteiger charge is 2.22. The molecule has 27 heavy (non-hydrogen) atoms. The van der Waals surface area contributed by atoms with Gasteiger partial charge < -0.3 is 10.1 Å². The number of nitrogens with one attached hydrogen (secondary N) is 1. The van der Waals surface area contributed by atoms with Crippen molar-refractivity contribution in [3.63, 3.8) is 0 Å². The van der Waals surface area contributed by atoms with Gasteiger partial charge in [-0.25, -0.2) is 9.48 Å². The predicted molar refractivity (Wildman–Crippen MR) is 98.6 cm³/mol. The van der Waals surface area contributed by atoms with Gasteiger partial charge in [0.1, 0.15) is 5.56 Å². The first-order valence-corrected chi connectivity index (χ1v) is 8.26. The summed E-state index contributed by atoms with van der Waals surface area (Å²) in [6.07, 6.45) is 1.35. The van der Waals surface area contributed by atoms with Gasteiger partial charge in [0, 0.05) is 5.56 Å². The van der Waals surface area contributed by atoms with E-state index in [0.29, 0.717) is 16.8 Å². The lowest BCUT2D eigenvalue weighted by atomic mass is 10.1. The first kappa shape index (κ1) is 17.9. The molecule has 0 saturated heterocycles. The largest absolute Gasteiger partial charge is 0.462 e. The number of benzene rings is 2. The number of hydrogen-bond donors (Lipinski definition) is 1. The number of hydrogen-bond acceptors (Lipinski definition) is 5. The molecule has 7 heteroatoms. The molecule has 1 heterocycles. The molecule has 0 aliphatic heterocycles. The van der Waals surface area contributed by atoms with Gasteiger partial charge in [0.25, 0.3) is 5.91 Å². The summed E-state index contributed by atoms with van der Waals surface area (Å²) in [5.74, 6) is -0.844. The van der Waals surface area contributed by atoms with Crippen molar-refractivity contribution < 1.29 is 14.3 Å². The van der Waals surface area contributed by atoms with Crippen molar-refractivity contribution in [2.75, 3.05) is 11.9 Å². The molecule has 2 aromatic carbocycles. The Balaban J connectivity index is 2.01. The zero-order chi connectivity index (χ0) is 19.2. The number of carbonyl (C=O) groups is 2. The molecule has 0 spiro atoms. The molecular formula is C20H16N4O3. The maximum atomic E-state index is 12.7. The van der Waals surface area contributed by atoms with Crippen LogP contribution in [0.3, 0.4) is 0 Å². The Bertz CT molecular complexity index is 1020. The maximum Gasteiger partial charge on any atom is 0.343 e. The van der Waals surface area contributed by atoms with Gasteiger partial charge in [0.2, 0.25) is 0 Å². The maximum absolute atomic E-state index is 12.7. The summed E-state index contributed by atoms with van der Waals surface area (Å²) in [6, 6.07) is 17.4. The molecule has 3 aromatic rings. The van der Waals surface area contributed by atoms with Crippen molar-refractivity contribution in [1.29, 1.82) is 5.26 Å². The zero-order valence-corrected chi connectivity index (χ0v) is 14.5. The monoisotopic (exact) mass is 360 g/mol. The minimum Gasteiger partial charge on any atom is -0.462 e. The fraction of sp³-hybridized carbons (Fsp3) is 0.100. The summed E-state index contributed by atoms with van der Waals surface area (Å²) in [7, 11) is 0. The quantitative estimate of drug-likeness (QED) is 0.705. The Morgan fingerprint density at radius 1 is 1.19 bits per heavy atom. The molecule has 1 amide bonds. The first-order chi connectivity index (χ1) is 13.1. The van der Waals surface area contributed by atoms with Crippen LogP contribution in [0.2, 0.25) is 0 Å². The second kappa shape index (κ2) is 7.97. The molecule has 0 atom stereocenters. The van der Waals surface area contributed by atoms with Gasteiger partial charge in [0.05, 0.1) is 30.1 Å². The van der Waals surface area contributed by atoms with Crippen LogP contribution in [0.1, 0.15) is 33.2 Å². The van der Waals surface area contributed by atoms with Crippen LogP contribution >= 0.6 is 0 Å². The highest BCUT2D eigenvalue weighted by atomic mass is 16.5. The van der Waals surface area contributed by atoms with E-state index in [0.717, 1.165) is 0 Å². The minimum absolute atomic E-state index is 0.144. The van der Waals surface area contributed by atoms with E-state index in [1.54, 1.807) is 37.3 Å². The molecule has 1 N–H and O–H groups in total. The van der Waals surface area contributed by atoms with Crippen molar-refractivity contribution in [1.82, 2.24) is 9.78 Å². The summed E-state index contributed by atoms with van der Waals surface area (Å²) in [5, 5.41) is 15.9. The fourth-order valence-corrected chi connectivity index (χ4v) is 2.50. The number of amides is 1. The lowest BCUT2D eigenvalue weighted by molar-refractivity contribution is 0.0527. The van der Waals surface area contributed by atoms with Crippen LogP contribution in [-0.4, -0.2) is 28.3 Å². The van der Waals surface area contributed by atoms with E-state index >= 15 is 0 Å². The fourth-order valence-electron chi connectivity index (χ4n) is 2.50. The topological polar surface area (TPSA) is 97.0 Å². The van der Waals surface area contributed by atoms with E-state index in [1.807, 2.05) is 24.3 Å². The number of anilines is 1. The van der Waals surface area contributed by atoms with Crippen LogP contribution in [0.25, 0.3) is 5.69 Å². The number of esters is 1. The minimum atomic E-state index is -0.583. The van der Waals surface area contributed by atoms with Crippen molar-refractivity contribution in [3.05, 3.63) is 77.5 Å². The van der Waals surface area contributed by atoms with E-state index in [2.05, 4.69) is 10.4 Å². The van der Waals surface area contributed by atoms with E-state index < -0.39 is 11.9 Å². The van der Waals surface area contributed by atoms with E-state index in [4.69, 9.17) is 10.00 Å². The number of nitriles is 1. The van der Waals surface area contributed by atoms with Gasteiger partial charge in [0.15, 0.2) is 5.82 Å². The van der Waals surface area contributed by atoms with Crippen LogP contribution in [0.15, 0.2) is 60.8 Å². The third-order valence-electron chi connectivity index (χ3n) is 3.75. The first-order valence-electron chi connectivity index (χ1n) is 8.26. The van der Waals surface area contributed by atoms with Crippen LogP contribution in [-0.2, 0) is 4.74 Å². The van der Waals surface area contributed by atoms with Gasteiger partial charge in [-0.2, -0.15) is 10.4 Å². The Morgan fingerprint density at radius 2 is 1.96 bits per heavy atom. The van der Waals surface area contributed by atoms with Gasteiger partial charge >= 0.3 is 5.97 Å². The molecule has 1 aromatic heterocycles. The third kappa shape index (κ3) is 3.85. The van der Waals surface area contributed by atoms with E-state index in [1.165, 1.54) is 16.9 Å². The van der Waals surface area contributed by atoms with Crippen molar-refractivity contribution in [2.24, 2.45) is 0 Å². The molecule has 0 aliphatic rings. The van der Waals surface area contributed by atoms with Crippen molar-refractivity contribution in [2.45, 2.75) is 6.92 Å². The van der Waals surface area contributed by atoms with Crippen LogP contribution < -0.4 is 5.32 Å². The number of rotatable bonds is 5. The molecule has 7 nitrogen and oxygen atoms in total. The smallest absolute Gasteiger partial charge is 0.343 e. The normalized spacial score (nSPS) is 10.1. The van der Waals surface area contributed by atoms with Crippen LogP contribution in [0.4, 0.5) is 5.82 Å². The summed E-state index contributed by atoms with van der Waals surface area (Å²) >= 11 is 0. The standard InChI is InChI=1S/C20H16N4O3/c1-2-27-20(26)17-13-22-24(16-9-4-3-5-10-16)18(17)23-19(25)15-8-6-7-14(11-15)12-21/h3-11,13H,2H2,1H3,(H,23,25). The Labute approximate surface area is 155 Å². The van der Waals surface area contributed by atoms with Crippen molar-refractivity contribution in [3.8, 4) is 11.8 Å². The van der Waals surface area contributed by atoms with Gasteiger partial charge in [-0.15, -0.1) is 0 Å². The Morgan fingerprint density at radius 3 is 2.67 bits per heavy atom. The summed E-state index contributed by atoms with van der Waals surface area (Å²) in [6.45, 7) is 1.90. The third-order valence-corrected chi connectivity index (χ3v) is 3.75. The predicted octanol–water partition coefficient (Wildman–Crippen LogP) is 3.17. The SMILES string of the molecule is CCOC(=O)c1cnn(-c2ccccc2)c1NC(=O)c1cccc(C#N)c1.